The van der Waals surface area contributed by atoms with Crippen LogP contribution in [0.4, 0.5) is 0 Å². The topological polar surface area (TPSA) is 49.4 Å². The molecule has 0 atom stereocenters. The third kappa shape index (κ3) is 3.33. The standard InChI is InChI=1S/C13H18N2O2S/c1-4-10-15(3)18(16,17)13-9-7-6-8-12(13)11-14-5-2/h1,6-9,14H,5,10-11H2,2-3H3. The molecule has 0 amide bonds. The number of sulfonamides is 1. The Morgan fingerprint density at radius 1 is 1.39 bits per heavy atom. The monoisotopic (exact) mass is 266 g/mol. The smallest absolute Gasteiger partial charge is 0.244 e. The molecule has 0 radical (unpaired) electrons. The van der Waals surface area contributed by atoms with Crippen LogP contribution in [0.25, 0.3) is 0 Å². The van der Waals surface area contributed by atoms with Crippen LogP contribution in [0.2, 0.25) is 0 Å². The first-order valence-electron chi connectivity index (χ1n) is 5.72. The third-order valence-corrected chi connectivity index (χ3v) is 4.44. The number of rotatable bonds is 6. The second kappa shape index (κ2) is 6.55. The Morgan fingerprint density at radius 3 is 2.67 bits per heavy atom. The average Bonchev–Trinajstić information content (AvgIpc) is 2.37. The zero-order chi connectivity index (χ0) is 13.6. The first-order chi connectivity index (χ1) is 8.54. The molecule has 5 heteroatoms. The lowest BCUT2D eigenvalue weighted by Crippen LogP contribution is -2.28. The number of benzene rings is 1. The van der Waals surface area contributed by atoms with Gasteiger partial charge in [0.15, 0.2) is 0 Å². The molecule has 1 aromatic rings. The quantitative estimate of drug-likeness (QED) is 0.783. The number of hydrogen-bond acceptors (Lipinski definition) is 3. The van der Waals surface area contributed by atoms with Gasteiger partial charge >= 0.3 is 0 Å². The molecule has 98 valence electrons. The fourth-order valence-electron chi connectivity index (χ4n) is 1.54. The Bertz CT molecular complexity index is 532. The highest BCUT2D eigenvalue weighted by Gasteiger charge is 2.22. The first kappa shape index (κ1) is 14.7. The molecule has 0 unspecified atom stereocenters. The summed E-state index contributed by atoms with van der Waals surface area (Å²) in [5.41, 5.74) is 0.753. The van der Waals surface area contributed by atoms with E-state index in [4.69, 9.17) is 6.42 Å². The zero-order valence-electron chi connectivity index (χ0n) is 10.7. The van der Waals surface area contributed by atoms with Crippen LogP contribution >= 0.6 is 0 Å². The number of nitrogens with one attached hydrogen (secondary N) is 1. The molecule has 0 aliphatic carbocycles. The van der Waals surface area contributed by atoms with Crippen LogP contribution in [0, 0.1) is 12.3 Å². The minimum Gasteiger partial charge on any atom is -0.313 e. The maximum Gasteiger partial charge on any atom is 0.244 e. The van der Waals surface area contributed by atoms with Gasteiger partial charge in [0.2, 0.25) is 10.0 Å². The number of terminal acetylenes is 1. The molecule has 0 aliphatic heterocycles. The summed E-state index contributed by atoms with van der Waals surface area (Å²) in [7, 11) is -2.03. The van der Waals surface area contributed by atoms with E-state index in [1.165, 1.54) is 11.4 Å². The van der Waals surface area contributed by atoms with E-state index >= 15 is 0 Å². The van der Waals surface area contributed by atoms with Gasteiger partial charge in [-0.05, 0) is 18.2 Å². The molecule has 1 N–H and O–H groups in total. The maximum absolute atomic E-state index is 12.3. The molecule has 0 saturated heterocycles. The van der Waals surface area contributed by atoms with E-state index in [0.29, 0.717) is 11.4 Å². The van der Waals surface area contributed by atoms with Crippen molar-refractivity contribution >= 4 is 10.0 Å². The van der Waals surface area contributed by atoms with Crippen LogP contribution in [0.1, 0.15) is 12.5 Å². The first-order valence-corrected chi connectivity index (χ1v) is 7.16. The molecular formula is C13H18N2O2S. The summed E-state index contributed by atoms with van der Waals surface area (Å²) in [6, 6.07) is 6.95. The molecular weight excluding hydrogens is 248 g/mol. The Kier molecular flexibility index (Phi) is 5.35. The second-order valence-electron chi connectivity index (χ2n) is 3.85. The SMILES string of the molecule is C#CCN(C)S(=O)(=O)c1ccccc1CNCC. The third-order valence-electron chi connectivity index (χ3n) is 2.54. The van der Waals surface area contributed by atoms with E-state index in [2.05, 4.69) is 11.2 Å². The van der Waals surface area contributed by atoms with Crippen LogP contribution in [0.3, 0.4) is 0 Å². The highest BCUT2D eigenvalue weighted by Crippen LogP contribution is 2.18. The van der Waals surface area contributed by atoms with Gasteiger partial charge in [0, 0.05) is 13.6 Å². The van der Waals surface area contributed by atoms with Crippen molar-refractivity contribution in [2.45, 2.75) is 18.4 Å². The maximum atomic E-state index is 12.3. The van der Waals surface area contributed by atoms with Gasteiger partial charge in [-0.15, -0.1) is 6.42 Å². The lowest BCUT2D eigenvalue weighted by molar-refractivity contribution is 0.501. The van der Waals surface area contributed by atoms with E-state index < -0.39 is 10.0 Å². The van der Waals surface area contributed by atoms with Gasteiger partial charge in [-0.3, -0.25) is 0 Å². The van der Waals surface area contributed by atoms with Crippen molar-refractivity contribution in [2.24, 2.45) is 0 Å². The Balaban J connectivity index is 3.12. The molecule has 0 aromatic heterocycles. The number of hydrogen-bond donors (Lipinski definition) is 1. The lowest BCUT2D eigenvalue weighted by atomic mass is 10.2. The van der Waals surface area contributed by atoms with Crippen LogP contribution in [0.5, 0.6) is 0 Å². The Labute approximate surface area is 109 Å². The van der Waals surface area contributed by atoms with E-state index in [1.807, 2.05) is 13.0 Å². The van der Waals surface area contributed by atoms with Gasteiger partial charge in [-0.1, -0.05) is 31.0 Å². The van der Waals surface area contributed by atoms with E-state index in [-0.39, 0.29) is 6.54 Å². The molecule has 1 aromatic carbocycles. The minimum atomic E-state index is -3.51. The van der Waals surface area contributed by atoms with Gasteiger partial charge in [-0.25, -0.2) is 8.42 Å². The molecule has 0 bridgehead atoms. The fraction of sp³-hybridized carbons (Fsp3) is 0.385. The van der Waals surface area contributed by atoms with Gasteiger partial charge in [0.25, 0.3) is 0 Å². The second-order valence-corrected chi connectivity index (χ2v) is 5.87. The molecule has 18 heavy (non-hydrogen) atoms. The molecule has 0 heterocycles. The van der Waals surface area contributed by atoms with Gasteiger partial charge in [0.1, 0.15) is 0 Å². The normalized spacial score (nSPS) is 11.4. The van der Waals surface area contributed by atoms with Crippen molar-refractivity contribution in [1.29, 1.82) is 0 Å². The molecule has 0 fully saturated rings. The molecule has 4 nitrogen and oxygen atoms in total. The van der Waals surface area contributed by atoms with Crippen molar-refractivity contribution in [3.05, 3.63) is 29.8 Å². The largest absolute Gasteiger partial charge is 0.313 e. The highest BCUT2D eigenvalue weighted by molar-refractivity contribution is 7.89. The van der Waals surface area contributed by atoms with Crippen LogP contribution in [-0.4, -0.2) is 32.9 Å². The molecule has 0 spiro atoms. The number of nitrogens with zero attached hydrogens (tertiary/aromatic N) is 1. The minimum absolute atomic E-state index is 0.0673. The summed E-state index contributed by atoms with van der Waals surface area (Å²) in [5, 5.41) is 3.12. The summed E-state index contributed by atoms with van der Waals surface area (Å²) in [6.45, 7) is 3.35. The van der Waals surface area contributed by atoms with Gasteiger partial charge in [0.05, 0.1) is 11.4 Å². The summed E-state index contributed by atoms with van der Waals surface area (Å²) in [5.74, 6) is 2.34. The van der Waals surface area contributed by atoms with Crippen molar-refractivity contribution in [3.63, 3.8) is 0 Å². The highest BCUT2D eigenvalue weighted by atomic mass is 32.2. The summed E-state index contributed by atoms with van der Waals surface area (Å²) >= 11 is 0. The predicted octanol–water partition coefficient (Wildman–Crippen LogP) is 1.05. The predicted molar refractivity (Wildman–Crippen MR) is 72.5 cm³/mol. The van der Waals surface area contributed by atoms with E-state index in [0.717, 1.165) is 12.1 Å². The fourth-order valence-corrected chi connectivity index (χ4v) is 2.84. The van der Waals surface area contributed by atoms with Crippen LogP contribution in [-0.2, 0) is 16.6 Å². The van der Waals surface area contributed by atoms with Gasteiger partial charge < -0.3 is 5.32 Å². The van der Waals surface area contributed by atoms with E-state index in [9.17, 15) is 8.42 Å². The van der Waals surface area contributed by atoms with Crippen molar-refractivity contribution in [1.82, 2.24) is 9.62 Å². The van der Waals surface area contributed by atoms with Gasteiger partial charge in [-0.2, -0.15) is 4.31 Å². The Morgan fingerprint density at radius 2 is 2.06 bits per heavy atom. The zero-order valence-corrected chi connectivity index (χ0v) is 11.5. The van der Waals surface area contributed by atoms with Crippen molar-refractivity contribution in [2.75, 3.05) is 20.1 Å². The lowest BCUT2D eigenvalue weighted by Gasteiger charge is -2.17. The molecule has 0 saturated carbocycles. The average molecular weight is 266 g/mol. The molecule has 1 rings (SSSR count). The van der Waals surface area contributed by atoms with E-state index in [1.54, 1.807) is 18.2 Å². The van der Waals surface area contributed by atoms with Crippen molar-refractivity contribution < 1.29 is 8.42 Å². The van der Waals surface area contributed by atoms with Crippen LogP contribution in [0.15, 0.2) is 29.2 Å². The van der Waals surface area contributed by atoms with Crippen LogP contribution < -0.4 is 5.32 Å². The Hall–Kier alpha value is -1.35. The molecule has 0 aliphatic rings. The summed E-state index contributed by atoms with van der Waals surface area (Å²) in [6.07, 6.45) is 5.15. The summed E-state index contributed by atoms with van der Waals surface area (Å²) < 4.78 is 25.8. The summed E-state index contributed by atoms with van der Waals surface area (Å²) in [4.78, 5) is 0.309. The van der Waals surface area contributed by atoms with Crippen molar-refractivity contribution in [3.8, 4) is 12.3 Å².